The van der Waals surface area contributed by atoms with Crippen LogP contribution in [-0.2, 0) is 9.53 Å². The van der Waals surface area contributed by atoms with E-state index in [1.165, 1.54) is 0 Å². The van der Waals surface area contributed by atoms with Gasteiger partial charge in [0, 0.05) is 31.1 Å². The fourth-order valence-electron chi connectivity index (χ4n) is 1.91. The standard InChI is InChI=1S/C13H24N2O4S/c1-12(2,20-3)8-14-11(18)15-9-13(10(16)17)4-6-19-7-5-13/h4-9H2,1-3H3,(H,16,17)(H2,14,15,18). The van der Waals surface area contributed by atoms with Gasteiger partial charge < -0.3 is 20.5 Å². The summed E-state index contributed by atoms with van der Waals surface area (Å²) in [4.78, 5) is 23.2. The fraction of sp³-hybridized carbons (Fsp3) is 0.846. The van der Waals surface area contributed by atoms with Gasteiger partial charge in [-0.15, -0.1) is 0 Å². The van der Waals surface area contributed by atoms with Crippen LogP contribution in [0.15, 0.2) is 0 Å². The highest BCUT2D eigenvalue weighted by molar-refractivity contribution is 7.99. The first-order chi connectivity index (χ1) is 9.31. The molecule has 0 saturated carbocycles. The summed E-state index contributed by atoms with van der Waals surface area (Å²) in [6.07, 6.45) is 2.85. The molecule has 1 saturated heterocycles. The molecule has 0 spiro atoms. The fourth-order valence-corrected chi connectivity index (χ4v) is 2.12. The highest BCUT2D eigenvalue weighted by Crippen LogP contribution is 2.30. The summed E-state index contributed by atoms with van der Waals surface area (Å²) in [5, 5.41) is 14.8. The molecule has 1 aliphatic rings. The van der Waals surface area contributed by atoms with Crippen molar-refractivity contribution in [3.8, 4) is 0 Å². The monoisotopic (exact) mass is 304 g/mol. The Labute approximate surface area is 124 Å². The number of nitrogens with one attached hydrogen (secondary N) is 2. The predicted molar refractivity (Wildman–Crippen MR) is 79.1 cm³/mol. The summed E-state index contributed by atoms with van der Waals surface area (Å²) >= 11 is 1.67. The van der Waals surface area contributed by atoms with E-state index in [0.29, 0.717) is 32.6 Å². The molecule has 6 nitrogen and oxygen atoms in total. The lowest BCUT2D eigenvalue weighted by Crippen LogP contribution is -2.50. The highest BCUT2D eigenvalue weighted by atomic mass is 32.2. The first-order valence-electron chi connectivity index (χ1n) is 6.69. The van der Waals surface area contributed by atoms with E-state index in [4.69, 9.17) is 4.74 Å². The van der Waals surface area contributed by atoms with Crippen LogP contribution in [0.4, 0.5) is 4.79 Å². The molecule has 0 aromatic heterocycles. The minimum absolute atomic E-state index is 0.0412. The third-order valence-electron chi connectivity index (χ3n) is 3.72. The van der Waals surface area contributed by atoms with Crippen molar-refractivity contribution in [1.29, 1.82) is 0 Å². The Bertz CT molecular complexity index is 354. The van der Waals surface area contributed by atoms with Crippen LogP contribution in [0.1, 0.15) is 26.7 Å². The smallest absolute Gasteiger partial charge is 0.314 e. The van der Waals surface area contributed by atoms with Gasteiger partial charge in [-0.05, 0) is 32.9 Å². The molecule has 0 aliphatic carbocycles. The molecule has 0 aromatic carbocycles. The third-order valence-corrected chi connectivity index (χ3v) is 4.97. The van der Waals surface area contributed by atoms with Crippen molar-refractivity contribution in [2.75, 3.05) is 32.6 Å². The summed E-state index contributed by atoms with van der Waals surface area (Å²) in [5.74, 6) is -0.870. The van der Waals surface area contributed by atoms with Crippen LogP contribution < -0.4 is 10.6 Å². The number of carbonyl (C=O) groups is 2. The number of thioether (sulfide) groups is 1. The number of ether oxygens (including phenoxy) is 1. The Morgan fingerprint density at radius 2 is 1.90 bits per heavy atom. The molecule has 0 bridgehead atoms. The van der Waals surface area contributed by atoms with Gasteiger partial charge in [0.2, 0.25) is 0 Å². The van der Waals surface area contributed by atoms with Gasteiger partial charge in [-0.1, -0.05) is 0 Å². The van der Waals surface area contributed by atoms with E-state index in [9.17, 15) is 14.7 Å². The third kappa shape index (κ3) is 4.86. The Kier molecular flexibility index (Phi) is 6.13. The lowest BCUT2D eigenvalue weighted by molar-refractivity contribution is -0.154. The maximum atomic E-state index is 11.8. The van der Waals surface area contributed by atoms with E-state index in [0.717, 1.165) is 0 Å². The minimum atomic E-state index is -0.898. The first-order valence-corrected chi connectivity index (χ1v) is 7.92. The topological polar surface area (TPSA) is 87.7 Å². The molecule has 0 atom stereocenters. The zero-order chi connectivity index (χ0) is 15.2. The summed E-state index contributed by atoms with van der Waals surface area (Å²) in [7, 11) is 0. The van der Waals surface area contributed by atoms with Gasteiger partial charge in [-0.3, -0.25) is 4.79 Å². The van der Waals surface area contributed by atoms with Crippen LogP contribution >= 0.6 is 11.8 Å². The summed E-state index contributed by atoms with van der Waals surface area (Å²) in [6.45, 7) is 5.59. The van der Waals surface area contributed by atoms with Crippen molar-refractivity contribution >= 4 is 23.8 Å². The molecule has 0 unspecified atom stereocenters. The molecule has 1 fully saturated rings. The lowest BCUT2D eigenvalue weighted by Gasteiger charge is -2.33. The largest absolute Gasteiger partial charge is 0.481 e. The Balaban J connectivity index is 2.44. The van der Waals surface area contributed by atoms with Gasteiger partial charge in [-0.25, -0.2) is 4.79 Å². The number of aliphatic carboxylic acids is 1. The summed E-state index contributed by atoms with van der Waals surface area (Å²) in [6, 6.07) is -0.320. The van der Waals surface area contributed by atoms with Gasteiger partial charge in [0.25, 0.3) is 0 Å². The molecule has 1 rings (SSSR count). The van der Waals surface area contributed by atoms with E-state index in [2.05, 4.69) is 10.6 Å². The Morgan fingerprint density at radius 3 is 2.40 bits per heavy atom. The summed E-state index contributed by atoms with van der Waals surface area (Å²) < 4.78 is 5.15. The number of urea groups is 1. The van der Waals surface area contributed by atoms with E-state index in [-0.39, 0.29) is 17.3 Å². The van der Waals surface area contributed by atoms with Crippen LogP contribution in [-0.4, -0.2) is 54.4 Å². The maximum absolute atomic E-state index is 11.8. The van der Waals surface area contributed by atoms with Gasteiger partial charge >= 0.3 is 12.0 Å². The molecular weight excluding hydrogens is 280 g/mol. The SMILES string of the molecule is CSC(C)(C)CNC(=O)NCC1(C(=O)O)CCOCC1. The number of carboxylic acid groups (broad SMARTS) is 1. The molecule has 1 aliphatic heterocycles. The molecular formula is C13H24N2O4S. The van der Waals surface area contributed by atoms with Crippen LogP contribution in [0.3, 0.4) is 0 Å². The van der Waals surface area contributed by atoms with Gasteiger partial charge in [0.05, 0.1) is 5.41 Å². The van der Waals surface area contributed by atoms with Crippen LogP contribution in [0.5, 0.6) is 0 Å². The number of carbonyl (C=O) groups excluding carboxylic acids is 1. The second-order valence-corrected chi connectivity index (χ2v) is 7.21. The van der Waals surface area contributed by atoms with Gasteiger partial charge in [0.15, 0.2) is 0 Å². The summed E-state index contributed by atoms with van der Waals surface area (Å²) in [5.41, 5.74) is -0.898. The average molecular weight is 304 g/mol. The minimum Gasteiger partial charge on any atom is -0.481 e. The van der Waals surface area contributed by atoms with Crippen molar-refractivity contribution in [3.05, 3.63) is 0 Å². The molecule has 2 amide bonds. The lowest BCUT2D eigenvalue weighted by atomic mass is 9.80. The van der Waals surface area contributed by atoms with E-state index >= 15 is 0 Å². The van der Waals surface area contributed by atoms with Gasteiger partial charge in [-0.2, -0.15) is 11.8 Å². The zero-order valence-electron chi connectivity index (χ0n) is 12.3. The van der Waals surface area contributed by atoms with Crippen molar-refractivity contribution in [2.45, 2.75) is 31.4 Å². The van der Waals surface area contributed by atoms with Crippen molar-refractivity contribution in [3.63, 3.8) is 0 Å². The Hall–Kier alpha value is -0.950. The zero-order valence-corrected chi connectivity index (χ0v) is 13.1. The normalized spacial score (nSPS) is 18.4. The average Bonchev–Trinajstić information content (AvgIpc) is 2.44. The second kappa shape index (κ2) is 7.17. The number of hydrogen-bond donors (Lipinski definition) is 3. The van der Waals surface area contributed by atoms with Gasteiger partial charge in [0.1, 0.15) is 0 Å². The Morgan fingerprint density at radius 1 is 1.30 bits per heavy atom. The number of carboxylic acids is 1. The number of hydrogen-bond acceptors (Lipinski definition) is 4. The maximum Gasteiger partial charge on any atom is 0.314 e. The molecule has 20 heavy (non-hydrogen) atoms. The van der Waals surface area contributed by atoms with Crippen molar-refractivity contribution in [2.24, 2.45) is 5.41 Å². The molecule has 7 heteroatoms. The highest BCUT2D eigenvalue weighted by Gasteiger charge is 2.40. The van der Waals surface area contributed by atoms with E-state index < -0.39 is 11.4 Å². The quantitative estimate of drug-likeness (QED) is 0.688. The van der Waals surface area contributed by atoms with Crippen LogP contribution in [0.2, 0.25) is 0 Å². The first kappa shape index (κ1) is 17.1. The number of amides is 2. The second-order valence-electron chi connectivity index (χ2n) is 5.70. The van der Waals surface area contributed by atoms with Crippen LogP contribution in [0.25, 0.3) is 0 Å². The molecule has 1 heterocycles. The van der Waals surface area contributed by atoms with Crippen LogP contribution in [0, 0.1) is 5.41 Å². The molecule has 0 radical (unpaired) electrons. The molecule has 3 N–H and O–H groups in total. The van der Waals surface area contributed by atoms with E-state index in [1.807, 2.05) is 20.1 Å². The molecule has 0 aromatic rings. The number of rotatable bonds is 6. The van der Waals surface area contributed by atoms with Crippen molar-refractivity contribution in [1.82, 2.24) is 10.6 Å². The predicted octanol–water partition coefficient (Wildman–Crippen LogP) is 1.31. The molecule has 116 valence electrons. The van der Waals surface area contributed by atoms with E-state index in [1.54, 1.807) is 11.8 Å². The van der Waals surface area contributed by atoms with Crippen molar-refractivity contribution < 1.29 is 19.4 Å².